The summed E-state index contributed by atoms with van der Waals surface area (Å²) in [6.07, 6.45) is 0. The quantitative estimate of drug-likeness (QED) is 0.871. The standard InChI is InChI=1S/C16H22N4S/c1-12(2)15-17-18-16(21-15)20-10-8-19(9-11-20)14-7-5-4-6-13(14)3/h4-7,12H,8-11H2,1-3H3. The third kappa shape index (κ3) is 3.02. The van der Waals surface area contributed by atoms with Gasteiger partial charge in [0.2, 0.25) is 5.13 Å². The van der Waals surface area contributed by atoms with Crippen LogP contribution < -0.4 is 9.80 Å². The van der Waals surface area contributed by atoms with Crippen LogP contribution in [0.5, 0.6) is 0 Å². The van der Waals surface area contributed by atoms with Crippen LogP contribution in [0.3, 0.4) is 0 Å². The molecule has 1 aromatic carbocycles. The van der Waals surface area contributed by atoms with Crippen molar-refractivity contribution in [2.24, 2.45) is 0 Å². The molecule has 0 radical (unpaired) electrons. The van der Waals surface area contributed by atoms with Gasteiger partial charge in [-0.1, -0.05) is 43.4 Å². The van der Waals surface area contributed by atoms with Crippen LogP contribution in [0.4, 0.5) is 10.8 Å². The highest BCUT2D eigenvalue weighted by Gasteiger charge is 2.21. The Morgan fingerprint density at radius 2 is 1.67 bits per heavy atom. The van der Waals surface area contributed by atoms with E-state index in [9.17, 15) is 0 Å². The van der Waals surface area contributed by atoms with Gasteiger partial charge in [-0.2, -0.15) is 0 Å². The first-order chi connectivity index (χ1) is 10.1. The SMILES string of the molecule is Cc1ccccc1N1CCN(c2nnc(C(C)C)s2)CC1. The molecule has 0 bridgehead atoms. The second-order valence-electron chi connectivity index (χ2n) is 5.84. The summed E-state index contributed by atoms with van der Waals surface area (Å²) in [7, 11) is 0. The van der Waals surface area contributed by atoms with Crippen molar-refractivity contribution in [1.82, 2.24) is 10.2 Å². The Labute approximate surface area is 130 Å². The number of hydrogen-bond donors (Lipinski definition) is 0. The molecule has 3 rings (SSSR count). The summed E-state index contributed by atoms with van der Waals surface area (Å²) in [5.41, 5.74) is 2.71. The largest absolute Gasteiger partial charge is 0.368 e. The Morgan fingerprint density at radius 3 is 2.29 bits per heavy atom. The van der Waals surface area contributed by atoms with E-state index in [4.69, 9.17) is 0 Å². The number of aromatic nitrogens is 2. The van der Waals surface area contributed by atoms with Crippen molar-refractivity contribution < 1.29 is 0 Å². The fourth-order valence-corrected chi connectivity index (χ4v) is 3.54. The highest BCUT2D eigenvalue weighted by atomic mass is 32.1. The normalized spacial score (nSPS) is 15.8. The molecule has 1 aliphatic rings. The van der Waals surface area contributed by atoms with Gasteiger partial charge < -0.3 is 9.80 Å². The fraction of sp³-hybridized carbons (Fsp3) is 0.500. The van der Waals surface area contributed by atoms with Crippen LogP contribution in [0, 0.1) is 6.92 Å². The van der Waals surface area contributed by atoms with Crippen LogP contribution in [0.15, 0.2) is 24.3 Å². The molecule has 1 fully saturated rings. The molecule has 112 valence electrons. The van der Waals surface area contributed by atoms with E-state index in [2.05, 4.69) is 65.0 Å². The summed E-state index contributed by atoms with van der Waals surface area (Å²) in [6, 6.07) is 8.62. The fourth-order valence-electron chi connectivity index (χ4n) is 2.64. The van der Waals surface area contributed by atoms with Gasteiger partial charge in [0.25, 0.3) is 0 Å². The molecule has 5 heteroatoms. The number of para-hydroxylation sites is 1. The predicted molar refractivity (Wildman–Crippen MR) is 89.6 cm³/mol. The van der Waals surface area contributed by atoms with Crippen LogP contribution in [0.2, 0.25) is 0 Å². The van der Waals surface area contributed by atoms with E-state index < -0.39 is 0 Å². The Hall–Kier alpha value is -1.62. The van der Waals surface area contributed by atoms with E-state index in [0.29, 0.717) is 5.92 Å². The lowest BCUT2D eigenvalue weighted by Gasteiger charge is -2.36. The van der Waals surface area contributed by atoms with E-state index in [-0.39, 0.29) is 0 Å². The first kappa shape index (κ1) is 14.3. The van der Waals surface area contributed by atoms with Gasteiger partial charge in [0.05, 0.1) is 0 Å². The van der Waals surface area contributed by atoms with E-state index in [1.807, 2.05) is 0 Å². The first-order valence-electron chi connectivity index (χ1n) is 7.54. The Balaban J connectivity index is 1.66. The average Bonchev–Trinajstić information content (AvgIpc) is 2.98. The van der Waals surface area contributed by atoms with Crippen LogP contribution in [0.25, 0.3) is 0 Å². The highest BCUT2D eigenvalue weighted by Crippen LogP contribution is 2.27. The number of rotatable bonds is 3. The second-order valence-corrected chi connectivity index (χ2v) is 6.83. The van der Waals surface area contributed by atoms with Crippen molar-refractivity contribution in [3.8, 4) is 0 Å². The molecule has 2 heterocycles. The summed E-state index contributed by atoms with van der Waals surface area (Å²) >= 11 is 1.73. The molecule has 1 saturated heterocycles. The maximum absolute atomic E-state index is 4.35. The topological polar surface area (TPSA) is 32.3 Å². The molecule has 0 amide bonds. The number of anilines is 2. The monoisotopic (exact) mass is 302 g/mol. The average molecular weight is 302 g/mol. The molecular formula is C16H22N4S. The van der Waals surface area contributed by atoms with Gasteiger partial charge in [-0.05, 0) is 18.6 Å². The van der Waals surface area contributed by atoms with Gasteiger partial charge in [-0.15, -0.1) is 10.2 Å². The molecule has 21 heavy (non-hydrogen) atoms. The van der Waals surface area contributed by atoms with Crippen molar-refractivity contribution in [3.63, 3.8) is 0 Å². The number of benzene rings is 1. The van der Waals surface area contributed by atoms with Crippen LogP contribution in [-0.4, -0.2) is 36.4 Å². The van der Waals surface area contributed by atoms with Crippen molar-refractivity contribution in [2.45, 2.75) is 26.7 Å². The minimum Gasteiger partial charge on any atom is -0.368 e. The van der Waals surface area contributed by atoms with Crippen LogP contribution in [-0.2, 0) is 0 Å². The van der Waals surface area contributed by atoms with Crippen molar-refractivity contribution in [1.29, 1.82) is 0 Å². The third-order valence-corrected chi connectivity index (χ3v) is 5.21. The van der Waals surface area contributed by atoms with Gasteiger partial charge in [0.1, 0.15) is 5.01 Å². The zero-order chi connectivity index (χ0) is 14.8. The summed E-state index contributed by atoms with van der Waals surface area (Å²) in [6.45, 7) is 10.6. The number of hydrogen-bond acceptors (Lipinski definition) is 5. The zero-order valence-electron chi connectivity index (χ0n) is 12.9. The molecule has 0 aliphatic carbocycles. The van der Waals surface area contributed by atoms with E-state index in [1.54, 1.807) is 11.3 Å². The predicted octanol–water partition coefficient (Wildman–Crippen LogP) is 3.30. The van der Waals surface area contributed by atoms with E-state index >= 15 is 0 Å². The van der Waals surface area contributed by atoms with Gasteiger partial charge in [0.15, 0.2) is 0 Å². The molecule has 0 unspecified atom stereocenters. The van der Waals surface area contributed by atoms with Crippen molar-refractivity contribution in [3.05, 3.63) is 34.8 Å². The number of aryl methyl sites for hydroxylation is 1. The minimum absolute atomic E-state index is 0.463. The maximum Gasteiger partial charge on any atom is 0.208 e. The lowest BCUT2D eigenvalue weighted by Crippen LogP contribution is -2.46. The molecule has 0 N–H and O–H groups in total. The Kier molecular flexibility index (Phi) is 4.10. The van der Waals surface area contributed by atoms with Gasteiger partial charge in [0, 0.05) is 37.8 Å². The molecule has 2 aromatic rings. The summed E-state index contributed by atoms with van der Waals surface area (Å²) < 4.78 is 0. The van der Waals surface area contributed by atoms with Crippen LogP contribution in [0.1, 0.15) is 30.3 Å². The molecule has 1 aromatic heterocycles. The van der Waals surface area contributed by atoms with Crippen molar-refractivity contribution in [2.75, 3.05) is 36.0 Å². The number of nitrogens with zero attached hydrogens (tertiary/aromatic N) is 4. The van der Waals surface area contributed by atoms with Crippen molar-refractivity contribution >= 4 is 22.2 Å². The van der Waals surface area contributed by atoms with Gasteiger partial charge in [-0.25, -0.2) is 0 Å². The molecule has 0 atom stereocenters. The van der Waals surface area contributed by atoms with E-state index in [1.165, 1.54) is 11.3 Å². The van der Waals surface area contributed by atoms with E-state index in [0.717, 1.165) is 36.3 Å². The molecule has 1 aliphatic heterocycles. The van der Waals surface area contributed by atoms with Gasteiger partial charge >= 0.3 is 0 Å². The van der Waals surface area contributed by atoms with Gasteiger partial charge in [-0.3, -0.25) is 0 Å². The minimum atomic E-state index is 0.463. The Bertz CT molecular complexity index is 600. The lowest BCUT2D eigenvalue weighted by molar-refractivity contribution is 0.648. The number of piperazine rings is 1. The Morgan fingerprint density at radius 1 is 1.00 bits per heavy atom. The molecule has 4 nitrogen and oxygen atoms in total. The first-order valence-corrected chi connectivity index (χ1v) is 8.35. The summed E-state index contributed by atoms with van der Waals surface area (Å²) in [4.78, 5) is 4.83. The molecule has 0 saturated carbocycles. The highest BCUT2D eigenvalue weighted by molar-refractivity contribution is 7.15. The molecule has 0 spiro atoms. The summed E-state index contributed by atoms with van der Waals surface area (Å²) in [5.74, 6) is 0.463. The zero-order valence-corrected chi connectivity index (χ0v) is 13.7. The maximum atomic E-state index is 4.35. The second kappa shape index (κ2) is 6.02. The molecular weight excluding hydrogens is 280 g/mol. The third-order valence-electron chi connectivity index (χ3n) is 3.93. The lowest BCUT2D eigenvalue weighted by atomic mass is 10.1. The smallest absolute Gasteiger partial charge is 0.208 e. The summed E-state index contributed by atoms with van der Waals surface area (Å²) in [5, 5.41) is 10.9. The van der Waals surface area contributed by atoms with Crippen LogP contribution >= 0.6 is 11.3 Å².